The molecular weight excluding hydrogens is 185 g/mol. The average Bonchev–Trinajstić information content (AvgIpc) is 2.84. The molecule has 0 saturated heterocycles. The third-order valence-electron chi connectivity index (χ3n) is 2.50. The molecule has 0 unspecified atom stereocenters. The standard InChI is InChI=1S/C10H12FNS/c1-13-7-2-3-8(9(11)6-7)10(12)4-5-10/h2-3,6H,4-5,12H2,1H3. The first-order valence-electron chi connectivity index (χ1n) is 4.29. The third kappa shape index (κ3) is 1.58. The van der Waals surface area contributed by atoms with Gasteiger partial charge in [-0.3, -0.25) is 0 Å². The zero-order valence-corrected chi connectivity index (χ0v) is 8.33. The molecule has 0 bridgehead atoms. The Morgan fingerprint density at radius 3 is 2.62 bits per heavy atom. The molecule has 0 heterocycles. The molecule has 0 spiro atoms. The molecule has 1 aromatic rings. The molecule has 1 aliphatic rings. The van der Waals surface area contributed by atoms with Crippen molar-refractivity contribution in [1.29, 1.82) is 0 Å². The van der Waals surface area contributed by atoms with Crippen LogP contribution < -0.4 is 5.73 Å². The van der Waals surface area contributed by atoms with Crippen LogP contribution >= 0.6 is 11.8 Å². The van der Waals surface area contributed by atoms with Crippen molar-refractivity contribution in [1.82, 2.24) is 0 Å². The molecule has 1 aliphatic carbocycles. The number of hydrogen-bond acceptors (Lipinski definition) is 2. The van der Waals surface area contributed by atoms with E-state index in [2.05, 4.69) is 0 Å². The number of nitrogens with two attached hydrogens (primary N) is 1. The van der Waals surface area contributed by atoms with Gasteiger partial charge >= 0.3 is 0 Å². The Bertz CT molecular complexity index is 334. The van der Waals surface area contributed by atoms with Gasteiger partial charge in [0.15, 0.2) is 0 Å². The van der Waals surface area contributed by atoms with Gasteiger partial charge in [0.05, 0.1) is 0 Å². The predicted molar refractivity (Wildman–Crippen MR) is 53.3 cm³/mol. The van der Waals surface area contributed by atoms with Gasteiger partial charge in [0.25, 0.3) is 0 Å². The molecule has 1 fully saturated rings. The minimum Gasteiger partial charge on any atom is -0.321 e. The fraction of sp³-hybridized carbons (Fsp3) is 0.400. The van der Waals surface area contributed by atoms with Crippen LogP contribution in [0.1, 0.15) is 18.4 Å². The van der Waals surface area contributed by atoms with Crippen molar-refractivity contribution in [3.8, 4) is 0 Å². The lowest BCUT2D eigenvalue weighted by atomic mass is 10.1. The molecule has 0 aromatic heterocycles. The minimum atomic E-state index is -0.360. The molecule has 1 saturated carbocycles. The van der Waals surface area contributed by atoms with Crippen LogP contribution in [0.4, 0.5) is 4.39 Å². The highest BCUT2D eigenvalue weighted by Crippen LogP contribution is 2.44. The highest BCUT2D eigenvalue weighted by Gasteiger charge is 2.41. The maximum atomic E-state index is 13.5. The Morgan fingerprint density at radius 1 is 1.46 bits per heavy atom. The van der Waals surface area contributed by atoms with Crippen molar-refractivity contribution >= 4 is 11.8 Å². The Kier molecular flexibility index (Phi) is 2.08. The van der Waals surface area contributed by atoms with Gasteiger partial charge in [-0.1, -0.05) is 6.07 Å². The lowest BCUT2D eigenvalue weighted by Gasteiger charge is -2.10. The van der Waals surface area contributed by atoms with Gasteiger partial charge < -0.3 is 5.73 Å². The molecule has 2 N–H and O–H groups in total. The van der Waals surface area contributed by atoms with Gasteiger partial charge in [0, 0.05) is 16.0 Å². The zero-order valence-electron chi connectivity index (χ0n) is 7.51. The number of hydrogen-bond donors (Lipinski definition) is 1. The van der Waals surface area contributed by atoms with E-state index >= 15 is 0 Å². The lowest BCUT2D eigenvalue weighted by molar-refractivity contribution is 0.575. The van der Waals surface area contributed by atoms with Crippen LogP contribution in [0.5, 0.6) is 0 Å². The number of rotatable bonds is 2. The summed E-state index contributed by atoms with van der Waals surface area (Å²) < 4.78 is 13.5. The fourth-order valence-corrected chi connectivity index (χ4v) is 1.86. The molecule has 0 amide bonds. The SMILES string of the molecule is CSc1ccc(C2(N)CC2)c(F)c1. The monoisotopic (exact) mass is 197 g/mol. The number of thioether (sulfide) groups is 1. The van der Waals surface area contributed by atoms with Crippen LogP contribution in [0.2, 0.25) is 0 Å². The highest BCUT2D eigenvalue weighted by molar-refractivity contribution is 7.98. The summed E-state index contributed by atoms with van der Waals surface area (Å²) in [6, 6.07) is 5.30. The van der Waals surface area contributed by atoms with Crippen molar-refractivity contribution in [3.63, 3.8) is 0 Å². The van der Waals surface area contributed by atoms with Crippen molar-refractivity contribution in [2.75, 3.05) is 6.26 Å². The second-order valence-corrected chi connectivity index (χ2v) is 4.38. The van der Waals surface area contributed by atoms with Crippen LogP contribution in [0, 0.1) is 5.82 Å². The summed E-state index contributed by atoms with van der Waals surface area (Å²) in [6.45, 7) is 0. The Hall–Kier alpha value is -0.540. The largest absolute Gasteiger partial charge is 0.321 e. The van der Waals surface area contributed by atoms with E-state index in [0.717, 1.165) is 17.7 Å². The predicted octanol–water partition coefficient (Wildman–Crippen LogP) is 2.50. The van der Waals surface area contributed by atoms with Crippen LogP contribution in [0.15, 0.2) is 23.1 Å². The molecule has 0 atom stereocenters. The van der Waals surface area contributed by atoms with E-state index in [1.807, 2.05) is 18.4 Å². The van der Waals surface area contributed by atoms with Gasteiger partial charge in [0.1, 0.15) is 5.82 Å². The molecule has 13 heavy (non-hydrogen) atoms. The molecule has 2 rings (SSSR count). The van der Waals surface area contributed by atoms with E-state index in [9.17, 15) is 4.39 Å². The van der Waals surface area contributed by atoms with Gasteiger partial charge in [-0.2, -0.15) is 0 Å². The van der Waals surface area contributed by atoms with Crippen molar-refractivity contribution < 1.29 is 4.39 Å². The first kappa shape index (κ1) is 9.03. The van der Waals surface area contributed by atoms with Crippen LogP contribution in [0.25, 0.3) is 0 Å². The Balaban J connectivity index is 2.38. The summed E-state index contributed by atoms with van der Waals surface area (Å²) in [4.78, 5) is 0.950. The molecule has 0 radical (unpaired) electrons. The van der Waals surface area contributed by atoms with Gasteiger partial charge in [0.2, 0.25) is 0 Å². The summed E-state index contributed by atoms with van der Waals surface area (Å²) in [5, 5.41) is 0. The van der Waals surface area contributed by atoms with E-state index in [-0.39, 0.29) is 11.4 Å². The fourth-order valence-electron chi connectivity index (χ4n) is 1.43. The Labute approximate surface area is 81.5 Å². The van der Waals surface area contributed by atoms with Crippen LogP contribution in [-0.2, 0) is 5.54 Å². The maximum absolute atomic E-state index is 13.5. The van der Waals surface area contributed by atoms with Gasteiger partial charge in [-0.25, -0.2) is 4.39 Å². The summed E-state index contributed by atoms with van der Waals surface area (Å²) >= 11 is 1.54. The van der Waals surface area contributed by atoms with Gasteiger partial charge in [-0.15, -0.1) is 11.8 Å². The summed E-state index contributed by atoms with van der Waals surface area (Å²) in [5.41, 5.74) is 6.22. The maximum Gasteiger partial charge on any atom is 0.129 e. The smallest absolute Gasteiger partial charge is 0.129 e. The van der Waals surface area contributed by atoms with E-state index < -0.39 is 0 Å². The Morgan fingerprint density at radius 2 is 2.15 bits per heavy atom. The number of benzene rings is 1. The second-order valence-electron chi connectivity index (χ2n) is 3.50. The van der Waals surface area contributed by atoms with Crippen molar-refractivity contribution in [3.05, 3.63) is 29.6 Å². The molecular formula is C10H12FNS. The summed E-state index contributed by atoms with van der Waals surface area (Å²) in [5.74, 6) is -0.160. The zero-order chi connectivity index (χ0) is 9.47. The normalized spacial score (nSPS) is 18.7. The minimum absolute atomic E-state index is 0.160. The second kappa shape index (κ2) is 3.00. The summed E-state index contributed by atoms with van der Waals surface area (Å²) in [7, 11) is 0. The molecule has 0 aliphatic heterocycles. The number of halogens is 1. The molecule has 70 valence electrons. The first-order chi connectivity index (χ1) is 6.15. The van der Waals surface area contributed by atoms with Crippen molar-refractivity contribution in [2.45, 2.75) is 23.3 Å². The van der Waals surface area contributed by atoms with E-state index in [4.69, 9.17) is 5.73 Å². The molecule has 1 aromatic carbocycles. The molecule has 3 heteroatoms. The van der Waals surface area contributed by atoms with E-state index in [1.54, 1.807) is 17.8 Å². The molecule has 1 nitrogen and oxygen atoms in total. The van der Waals surface area contributed by atoms with E-state index in [1.165, 1.54) is 0 Å². The highest BCUT2D eigenvalue weighted by atomic mass is 32.2. The van der Waals surface area contributed by atoms with E-state index in [0.29, 0.717) is 5.56 Å². The third-order valence-corrected chi connectivity index (χ3v) is 3.23. The average molecular weight is 197 g/mol. The summed E-state index contributed by atoms with van der Waals surface area (Å²) in [6.07, 6.45) is 3.74. The quantitative estimate of drug-likeness (QED) is 0.737. The van der Waals surface area contributed by atoms with Crippen molar-refractivity contribution in [2.24, 2.45) is 5.73 Å². The lowest BCUT2D eigenvalue weighted by Crippen LogP contribution is -2.20. The van der Waals surface area contributed by atoms with Crippen LogP contribution in [0.3, 0.4) is 0 Å². The van der Waals surface area contributed by atoms with Crippen LogP contribution in [-0.4, -0.2) is 6.26 Å². The first-order valence-corrected chi connectivity index (χ1v) is 5.51. The topological polar surface area (TPSA) is 26.0 Å². The van der Waals surface area contributed by atoms with Gasteiger partial charge in [-0.05, 0) is 31.2 Å².